The first kappa shape index (κ1) is 54.3. The molecule has 0 saturated heterocycles. The number of fused-ring (bicyclic) bond motifs is 6. The molecule has 414 valence electrons. The lowest BCUT2D eigenvalue weighted by molar-refractivity contribution is 0.590. The van der Waals surface area contributed by atoms with E-state index in [0.29, 0.717) is 0 Å². The highest BCUT2D eigenvalue weighted by molar-refractivity contribution is 6.25. The molecule has 1 aliphatic rings. The molecular weight excluding hydrogens is 1010 g/mol. The third-order valence-electron chi connectivity index (χ3n) is 17.9. The minimum Gasteiger partial charge on any atom is -0.310 e. The van der Waals surface area contributed by atoms with Crippen LogP contribution in [0.15, 0.2) is 218 Å². The summed E-state index contributed by atoms with van der Waals surface area (Å²) in [4.78, 5) is 12.2. The molecule has 0 radical (unpaired) electrons. The lowest BCUT2D eigenvalue weighted by Crippen LogP contribution is -2.17. The summed E-state index contributed by atoms with van der Waals surface area (Å²) in [5.74, 6) is 0. The number of aryl methyl sites for hydroxylation is 2. The summed E-state index contributed by atoms with van der Waals surface area (Å²) in [5, 5.41) is 10.3. The number of hydrogen-bond donors (Lipinski definition) is 0. The molecule has 2 heterocycles. The van der Waals surface area contributed by atoms with Crippen molar-refractivity contribution < 1.29 is 0 Å². The fraction of sp³-hybridized carbons (Fsp3) is 0.210. The molecule has 0 amide bonds. The summed E-state index contributed by atoms with van der Waals surface area (Å²) in [6.45, 7) is 29.5. The van der Waals surface area contributed by atoms with Crippen molar-refractivity contribution in [2.45, 2.75) is 112 Å². The SMILES string of the molecule is CC(C)(C)c1ccc(N(c2ccc(C(C)(C)C)cc2)c2ccc3c(c2)C(C)(C)c2cc(-c4ccc5ccc6cc(C(C)(C)C)cc7ccc4c5c67)ccc2-3)cc1.Cc1cc(-c2ccccc2)c2ccc3c(-c4ccccc4)cc(C)nc3c2n1. The molecule has 84 heavy (non-hydrogen) atoms. The van der Waals surface area contributed by atoms with Crippen molar-refractivity contribution in [3.8, 4) is 44.5 Å². The van der Waals surface area contributed by atoms with Gasteiger partial charge in [-0.1, -0.05) is 240 Å². The summed E-state index contributed by atoms with van der Waals surface area (Å²) < 4.78 is 0. The van der Waals surface area contributed by atoms with Crippen molar-refractivity contribution in [3.05, 3.63) is 258 Å². The van der Waals surface area contributed by atoms with Crippen molar-refractivity contribution in [1.82, 2.24) is 9.97 Å². The molecule has 13 aromatic rings. The maximum Gasteiger partial charge on any atom is 0.0974 e. The fourth-order valence-electron chi connectivity index (χ4n) is 13.1. The van der Waals surface area contributed by atoms with Gasteiger partial charge >= 0.3 is 0 Å². The molecule has 1 aliphatic carbocycles. The number of pyridine rings is 2. The summed E-state index contributed by atoms with van der Waals surface area (Å²) in [6.07, 6.45) is 0. The van der Waals surface area contributed by atoms with Crippen LogP contribution in [0.1, 0.15) is 115 Å². The largest absolute Gasteiger partial charge is 0.310 e. The van der Waals surface area contributed by atoms with Crippen molar-refractivity contribution >= 4 is 71.2 Å². The zero-order valence-corrected chi connectivity index (χ0v) is 51.1. The normalized spacial score (nSPS) is 13.2. The van der Waals surface area contributed by atoms with E-state index in [4.69, 9.17) is 9.97 Å². The van der Waals surface area contributed by atoms with Gasteiger partial charge in [-0.2, -0.15) is 0 Å². The van der Waals surface area contributed by atoms with E-state index in [9.17, 15) is 0 Å². The first-order valence-electron chi connectivity index (χ1n) is 30.0. The molecule has 3 heteroatoms. The molecule has 0 bridgehead atoms. The van der Waals surface area contributed by atoms with Gasteiger partial charge < -0.3 is 4.90 Å². The Bertz CT molecular complexity index is 4480. The van der Waals surface area contributed by atoms with Crippen LogP contribution < -0.4 is 4.90 Å². The molecule has 0 unspecified atom stereocenters. The number of anilines is 3. The smallest absolute Gasteiger partial charge is 0.0974 e. The molecule has 0 saturated carbocycles. The van der Waals surface area contributed by atoms with Gasteiger partial charge in [-0.15, -0.1) is 0 Å². The molecule has 2 aromatic heterocycles. The van der Waals surface area contributed by atoms with E-state index in [1.807, 2.05) is 12.1 Å². The van der Waals surface area contributed by atoms with E-state index in [-0.39, 0.29) is 21.7 Å². The second-order valence-corrected chi connectivity index (χ2v) is 27.2. The van der Waals surface area contributed by atoms with Gasteiger partial charge in [-0.3, -0.25) is 9.97 Å². The van der Waals surface area contributed by atoms with E-state index >= 15 is 0 Å². The Kier molecular flexibility index (Phi) is 13.0. The van der Waals surface area contributed by atoms with E-state index in [1.54, 1.807) is 0 Å². The minimum absolute atomic E-state index is 0.0910. The first-order chi connectivity index (χ1) is 40.1. The van der Waals surface area contributed by atoms with Crippen LogP contribution in [0, 0.1) is 13.8 Å². The summed E-state index contributed by atoms with van der Waals surface area (Å²) >= 11 is 0. The van der Waals surface area contributed by atoms with Crippen molar-refractivity contribution in [3.63, 3.8) is 0 Å². The van der Waals surface area contributed by atoms with E-state index in [1.165, 1.54) is 122 Å². The van der Waals surface area contributed by atoms with Gasteiger partial charge in [0.1, 0.15) is 0 Å². The number of benzene rings is 11. The number of nitrogens with zero attached hydrogens (tertiary/aromatic N) is 3. The molecule has 0 atom stereocenters. The first-order valence-corrected chi connectivity index (χ1v) is 30.0. The van der Waals surface area contributed by atoms with Crippen molar-refractivity contribution in [1.29, 1.82) is 0 Å². The van der Waals surface area contributed by atoms with Crippen LogP contribution in [0.4, 0.5) is 17.1 Å². The van der Waals surface area contributed by atoms with Crippen LogP contribution in [0.5, 0.6) is 0 Å². The molecule has 0 N–H and O–H groups in total. The average Bonchev–Trinajstić information content (AvgIpc) is 1.40. The van der Waals surface area contributed by atoms with Gasteiger partial charge in [0.2, 0.25) is 0 Å². The topological polar surface area (TPSA) is 29.0 Å². The van der Waals surface area contributed by atoms with Gasteiger partial charge in [0, 0.05) is 44.6 Å². The Morgan fingerprint density at radius 3 is 1.24 bits per heavy atom. The summed E-state index contributed by atoms with van der Waals surface area (Å²) in [5.41, 5.74) is 24.4. The van der Waals surface area contributed by atoms with Crippen molar-refractivity contribution in [2.24, 2.45) is 0 Å². The Labute approximate surface area is 497 Å². The highest BCUT2D eigenvalue weighted by Crippen LogP contribution is 2.53. The Balaban J connectivity index is 0.000000196. The van der Waals surface area contributed by atoms with E-state index < -0.39 is 0 Å². The van der Waals surface area contributed by atoms with Crippen LogP contribution in [0.2, 0.25) is 0 Å². The van der Waals surface area contributed by atoms with Crippen LogP contribution in [0.3, 0.4) is 0 Å². The Morgan fingerprint density at radius 2 is 0.738 bits per heavy atom. The second-order valence-electron chi connectivity index (χ2n) is 27.2. The van der Waals surface area contributed by atoms with Gasteiger partial charge in [0.15, 0.2) is 0 Å². The average molecular weight is 1090 g/mol. The maximum atomic E-state index is 4.90. The lowest BCUT2D eigenvalue weighted by atomic mass is 9.80. The summed E-state index contributed by atoms with van der Waals surface area (Å²) in [6, 6.07) is 81.2. The van der Waals surface area contributed by atoms with E-state index in [0.717, 1.165) is 33.2 Å². The molecular formula is C81H75N3. The summed E-state index contributed by atoms with van der Waals surface area (Å²) in [7, 11) is 0. The number of rotatable bonds is 6. The number of aromatic nitrogens is 2. The highest BCUT2D eigenvalue weighted by Gasteiger charge is 2.37. The highest BCUT2D eigenvalue weighted by atomic mass is 15.1. The minimum atomic E-state index is -0.179. The van der Waals surface area contributed by atoms with Crippen LogP contribution in [-0.4, -0.2) is 9.97 Å². The standard InChI is InChI=1S/C55H55N.C26H20N2/c1-52(2,3)38-17-21-41(22-18-38)56(42-23-19-39(20-24-42)53(4,5)6)43-25-29-46-45-27-15-35(32-48(45)55(10,11)49(46)33-43)44-26-14-34-12-13-36-30-40(54(7,8)9)31-37-16-28-47(44)51(34)50(36)37;1-17-15-23(19-9-5-3-6-10-19)21-13-14-22-24(20-11-7-4-8-12-20)16-18(2)28-26(22)25(21)27-17/h12-33H,1-11H3;3-16H,1-2H3. The number of hydrogen-bond acceptors (Lipinski definition) is 3. The van der Waals surface area contributed by atoms with Gasteiger partial charge in [0.25, 0.3) is 0 Å². The predicted octanol–water partition coefficient (Wildman–Crippen LogP) is 22.7. The third-order valence-corrected chi connectivity index (χ3v) is 17.9. The van der Waals surface area contributed by atoms with Gasteiger partial charge in [-0.05, 0) is 189 Å². The Morgan fingerprint density at radius 1 is 0.321 bits per heavy atom. The maximum absolute atomic E-state index is 4.90. The van der Waals surface area contributed by atoms with E-state index in [2.05, 4.69) is 301 Å². The second kappa shape index (κ2) is 20.2. The zero-order valence-electron chi connectivity index (χ0n) is 51.1. The third kappa shape index (κ3) is 9.58. The molecule has 3 nitrogen and oxygen atoms in total. The fourth-order valence-corrected chi connectivity index (χ4v) is 13.1. The van der Waals surface area contributed by atoms with Gasteiger partial charge in [-0.25, -0.2) is 0 Å². The van der Waals surface area contributed by atoms with Gasteiger partial charge in [0.05, 0.1) is 11.0 Å². The molecule has 0 aliphatic heterocycles. The quantitative estimate of drug-likeness (QED) is 0.155. The van der Waals surface area contributed by atoms with Crippen LogP contribution >= 0.6 is 0 Å². The Hall–Kier alpha value is -8.92. The predicted molar refractivity (Wildman–Crippen MR) is 361 cm³/mol. The monoisotopic (exact) mass is 1090 g/mol. The molecule has 0 fully saturated rings. The lowest BCUT2D eigenvalue weighted by Gasteiger charge is -2.29. The van der Waals surface area contributed by atoms with Crippen LogP contribution in [0.25, 0.3) is 98.6 Å². The zero-order chi connectivity index (χ0) is 58.6. The van der Waals surface area contributed by atoms with Crippen molar-refractivity contribution in [2.75, 3.05) is 4.90 Å². The molecule has 0 spiro atoms. The van der Waals surface area contributed by atoms with Crippen LogP contribution in [-0.2, 0) is 21.7 Å². The molecule has 14 rings (SSSR count). The molecule has 11 aromatic carbocycles.